The SMILES string of the molecule is CCOC(=O)COc1ccc(C=C2N=C(c3ccccc3C)OC2=O)cc1OC. The monoisotopic (exact) mass is 395 g/mol. The fourth-order valence-electron chi connectivity index (χ4n) is 2.73. The lowest BCUT2D eigenvalue weighted by atomic mass is 10.1. The summed E-state index contributed by atoms with van der Waals surface area (Å²) in [6.45, 7) is 3.71. The topological polar surface area (TPSA) is 83.4 Å². The summed E-state index contributed by atoms with van der Waals surface area (Å²) < 4.78 is 20.9. The van der Waals surface area contributed by atoms with Crippen LogP contribution in [0.1, 0.15) is 23.6 Å². The van der Waals surface area contributed by atoms with Gasteiger partial charge in [-0.1, -0.05) is 24.3 Å². The molecule has 0 radical (unpaired) electrons. The van der Waals surface area contributed by atoms with Crippen LogP contribution in [0.4, 0.5) is 0 Å². The highest BCUT2D eigenvalue weighted by molar-refractivity contribution is 6.13. The third-order valence-corrected chi connectivity index (χ3v) is 4.14. The highest BCUT2D eigenvalue weighted by atomic mass is 16.6. The van der Waals surface area contributed by atoms with Crippen LogP contribution >= 0.6 is 0 Å². The Morgan fingerprint density at radius 3 is 2.69 bits per heavy atom. The van der Waals surface area contributed by atoms with E-state index in [1.54, 1.807) is 31.2 Å². The molecule has 1 aliphatic rings. The van der Waals surface area contributed by atoms with Gasteiger partial charge in [0, 0.05) is 5.56 Å². The Morgan fingerprint density at radius 1 is 1.17 bits per heavy atom. The number of esters is 2. The van der Waals surface area contributed by atoms with E-state index < -0.39 is 11.9 Å². The summed E-state index contributed by atoms with van der Waals surface area (Å²) in [6, 6.07) is 12.6. The number of ether oxygens (including phenoxy) is 4. The van der Waals surface area contributed by atoms with Crippen molar-refractivity contribution in [2.24, 2.45) is 4.99 Å². The maximum atomic E-state index is 12.2. The minimum absolute atomic E-state index is 0.186. The highest BCUT2D eigenvalue weighted by Crippen LogP contribution is 2.30. The summed E-state index contributed by atoms with van der Waals surface area (Å²) in [4.78, 5) is 28.0. The predicted octanol–water partition coefficient (Wildman–Crippen LogP) is 3.29. The van der Waals surface area contributed by atoms with Gasteiger partial charge in [0.25, 0.3) is 0 Å². The summed E-state index contributed by atoms with van der Waals surface area (Å²) in [5.74, 6) is 0.0944. The van der Waals surface area contributed by atoms with Gasteiger partial charge in [-0.05, 0) is 49.2 Å². The lowest BCUT2D eigenvalue weighted by molar-refractivity contribution is -0.145. The first-order valence-corrected chi connectivity index (χ1v) is 9.07. The van der Waals surface area contributed by atoms with Gasteiger partial charge in [-0.2, -0.15) is 0 Å². The van der Waals surface area contributed by atoms with Crippen molar-refractivity contribution < 1.29 is 28.5 Å². The normalized spacial score (nSPS) is 14.4. The Balaban J connectivity index is 1.81. The zero-order valence-corrected chi connectivity index (χ0v) is 16.4. The van der Waals surface area contributed by atoms with Crippen LogP contribution in [0.5, 0.6) is 11.5 Å². The second-order valence-electron chi connectivity index (χ2n) is 6.15. The van der Waals surface area contributed by atoms with E-state index in [0.29, 0.717) is 17.1 Å². The maximum Gasteiger partial charge on any atom is 0.363 e. The van der Waals surface area contributed by atoms with Crippen molar-refractivity contribution in [3.63, 3.8) is 0 Å². The minimum Gasteiger partial charge on any atom is -0.493 e. The summed E-state index contributed by atoms with van der Waals surface area (Å²) in [6.07, 6.45) is 1.60. The van der Waals surface area contributed by atoms with E-state index in [0.717, 1.165) is 11.1 Å². The first-order chi connectivity index (χ1) is 14.0. The quantitative estimate of drug-likeness (QED) is 0.528. The van der Waals surface area contributed by atoms with E-state index in [1.807, 2.05) is 31.2 Å². The van der Waals surface area contributed by atoms with Crippen LogP contribution in [0.3, 0.4) is 0 Å². The Morgan fingerprint density at radius 2 is 1.97 bits per heavy atom. The van der Waals surface area contributed by atoms with Gasteiger partial charge >= 0.3 is 11.9 Å². The average Bonchev–Trinajstić information content (AvgIpc) is 3.07. The zero-order chi connectivity index (χ0) is 20.8. The molecule has 0 bridgehead atoms. The molecule has 0 unspecified atom stereocenters. The Hall–Kier alpha value is -3.61. The molecule has 0 spiro atoms. The molecular weight excluding hydrogens is 374 g/mol. The van der Waals surface area contributed by atoms with Crippen molar-refractivity contribution in [1.82, 2.24) is 0 Å². The minimum atomic E-state index is -0.523. The van der Waals surface area contributed by atoms with E-state index in [9.17, 15) is 9.59 Å². The fraction of sp³-hybridized carbons (Fsp3) is 0.227. The molecule has 0 aliphatic carbocycles. The molecule has 0 fully saturated rings. The summed E-state index contributed by atoms with van der Waals surface area (Å²) in [7, 11) is 1.49. The van der Waals surface area contributed by atoms with Crippen molar-refractivity contribution in [2.45, 2.75) is 13.8 Å². The number of carbonyl (C=O) groups excluding carboxylic acids is 2. The number of aliphatic imine (C=N–C) groups is 1. The van der Waals surface area contributed by atoms with E-state index >= 15 is 0 Å². The molecule has 1 aliphatic heterocycles. The Labute approximate surface area is 168 Å². The molecule has 0 aromatic heterocycles. The number of hydrogen-bond acceptors (Lipinski definition) is 7. The van der Waals surface area contributed by atoms with Gasteiger partial charge in [0.1, 0.15) is 0 Å². The Bertz CT molecular complexity index is 993. The molecule has 2 aromatic carbocycles. The van der Waals surface area contributed by atoms with Crippen molar-refractivity contribution in [2.75, 3.05) is 20.3 Å². The standard InChI is InChI=1S/C22H21NO6/c1-4-27-20(24)13-28-18-10-9-15(12-19(18)26-3)11-17-22(25)29-21(23-17)16-8-6-5-7-14(16)2/h5-12H,4,13H2,1-3H3. The molecule has 29 heavy (non-hydrogen) atoms. The maximum absolute atomic E-state index is 12.2. The number of benzene rings is 2. The first kappa shape index (κ1) is 20.1. The van der Waals surface area contributed by atoms with E-state index in [4.69, 9.17) is 18.9 Å². The third-order valence-electron chi connectivity index (χ3n) is 4.14. The van der Waals surface area contributed by atoms with Crippen LogP contribution in [0.2, 0.25) is 0 Å². The summed E-state index contributed by atoms with van der Waals surface area (Å²) >= 11 is 0. The number of rotatable bonds is 7. The number of cyclic esters (lactones) is 1. The van der Waals surface area contributed by atoms with Crippen molar-refractivity contribution in [3.05, 3.63) is 64.9 Å². The third kappa shape index (κ3) is 4.82. The smallest absolute Gasteiger partial charge is 0.363 e. The van der Waals surface area contributed by atoms with Gasteiger partial charge in [0.2, 0.25) is 5.90 Å². The van der Waals surface area contributed by atoms with Crippen LogP contribution in [0.15, 0.2) is 53.2 Å². The molecule has 0 amide bonds. The van der Waals surface area contributed by atoms with E-state index in [1.165, 1.54) is 7.11 Å². The predicted molar refractivity (Wildman–Crippen MR) is 107 cm³/mol. The molecule has 150 valence electrons. The second-order valence-corrected chi connectivity index (χ2v) is 6.15. The average molecular weight is 395 g/mol. The molecule has 0 saturated carbocycles. The number of nitrogens with zero attached hydrogens (tertiary/aromatic N) is 1. The molecular formula is C22H21NO6. The van der Waals surface area contributed by atoms with Gasteiger partial charge in [0.05, 0.1) is 13.7 Å². The largest absolute Gasteiger partial charge is 0.493 e. The lowest BCUT2D eigenvalue weighted by Gasteiger charge is -2.10. The molecule has 0 atom stereocenters. The summed E-state index contributed by atoms with van der Waals surface area (Å²) in [5, 5.41) is 0. The van der Waals surface area contributed by atoms with Crippen molar-refractivity contribution >= 4 is 23.9 Å². The first-order valence-electron chi connectivity index (χ1n) is 9.07. The highest BCUT2D eigenvalue weighted by Gasteiger charge is 2.25. The Kier molecular flexibility index (Phi) is 6.29. The van der Waals surface area contributed by atoms with Crippen LogP contribution in [0.25, 0.3) is 6.08 Å². The molecule has 1 heterocycles. The summed E-state index contributed by atoms with van der Waals surface area (Å²) in [5.41, 5.74) is 2.59. The number of aryl methyl sites for hydroxylation is 1. The van der Waals surface area contributed by atoms with Crippen LogP contribution in [-0.4, -0.2) is 38.2 Å². The molecule has 0 N–H and O–H groups in total. The molecule has 0 saturated heterocycles. The number of methoxy groups -OCH3 is 1. The van der Waals surface area contributed by atoms with Crippen LogP contribution < -0.4 is 9.47 Å². The molecule has 2 aromatic rings. The van der Waals surface area contributed by atoms with Crippen molar-refractivity contribution in [3.8, 4) is 11.5 Å². The lowest BCUT2D eigenvalue weighted by Crippen LogP contribution is -2.14. The van der Waals surface area contributed by atoms with Gasteiger partial charge in [-0.15, -0.1) is 0 Å². The number of carbonyl (C=O) groups is 2. The van der Waals surface area contributed by atoms with E-state index in [-0.39, 0.29) is 24.8 Å². The van der Waals surface area contributed by atoms with E-state index in [2.05, 4.69) is 4.99 Å². The molecule has 7 nitrogen and oxygen atoms in total. The molecule has 3 rings (SSSR count). The van der Waals surface area contributed by atoms with Gasteiger partial charge in [-0.25, -0.2) is 14.6 Å². The second kappa shape index (κ2) is 9.05. The van der Waals surface area contributed by atoms with Crippen LogP contribution in [-0.2, 0) is 19.1 Å². The number of hydrogen-bond donors (Lipinski definition) is 0. The van der Waals surface area contributed by atoms with Gasteiger partial charge < -0.3 is 18.9 Å². The molecule has 7 heteroatoms. The van der Waals surface area contributed by atoms with Gasteiger partial charge in [0.15, 0.2) is 23.8 Å². The van der Waals surface area contributed by atoms with Crippen molar-refractivity contribution in [1.29, 1.82) is 0 Å². The van der Waals surface area contributed by atoms with Crippen LogP contribution in [0, 0.1) is 6.92 Å². The zero-order valence-electron chi connectivity index (χ0n) is 16.4. The fourth-order valence-corrected chi connectivity index (χ4v) is 2.73. The van der Waals surface area contributed by atoms with Gasteiger partial charge in [-0.3, -0.25) is 0 Å².